The summed E-state index contributed by atoms with van der Waals surface area (Å²) in [6, 6.07) is 0. The van der Waals surface area contributed by atoms with Gasteiger partial charge in [-0.25, -0.2) is 0 Å². The van der Waals surface area contributed by atoms with E-state index in [1.807, 2.05) is 0 Å². The third kappa shape index (κ3) is 378. The molecule has 0 N–H and O–H groups in total. The van der Waals surface area contributed by atoms with E-state index < -0.39 is 18.5 Å². The molecule has 0 spiro atoms. The van der Waals surface area contributed by atoms with Gasteiger partial charge in [0.15, 0.2) is 0 Å². The third-order valence-corrected chi connectivity index (χ3v) is 0. The van der Waals surface area contributed by atoms with E-state index in [-0.39, 0.29) is 26.9 Å². The van der Waals surface area contributed by atoms with Gasteiger partial charge in [0.05, 0.1) is 0 Å². The fraction of sp³-hybridized carbons (Fsp3) is 0. The summed E-state index contributed by atoms with van der Waals surface area (Å²) in [6.45, 7) is 0. The first-order valence-corrected chi connectivity index (χ1v) is 1.84. The first-order chi connectivity index (χ1) is 5.20. The Hall–Kier alpha value is -1.57. The number of carboxylic acid groups (broad SMARTS) is 6. The van der Waals surface area contributed by atoms with Crippen molar-refractivity contribution in [3.05, 3.63) is 7.43 Å². The zero-order chi connectivity index (χ0) is 10.7. The Morgan fingerprint density at radius 3 is 0.571 bits per heavy atom. The molecule has 0 aliphatic rings. The molecular weight excluding hydrogens is 257 g/mol. The summed E-state index contributed by atoms with van der Waals surface area (Å²) in [7, 11) is 0. The SMILES string of the molecule is O=C([O-])[O-].O=C([O-])[O-].O=C([O-])[O-].[C+4].[Zn+2]. The van der Waals surface area contributed by atoms with Crippen molar-refractivity contribution in [2.75, 3.05) is 0 Å². The predicted octanol–water partition coefficient (Wildman–Crippen LogP) is -7.26. The molecule has 0 saturated heterocycles. The maximum Gasteiger partial charge on any atom is 4.00 e. The van der Waals surface area contributed by atoms with Crippen molar-refractivity contribution in [1.29, 1.82) is 0 Å². The van der Waals surface area contributed by atoms with Crippen LogP contribution in [0.25, 0.3) is 0 Å². The zero-order valence-electron chi connectivity index (χ0n) is 6.38. The molecule has 0 heterocycles. The van der Waals surface area contributed by atoms with Crippen LogP contribution < -0.4 is 30.6 Å². The molecule has 72 valence electrons. The van der Waals surface area contributed by atoms with Gasteiger partial charge >= 0.3 is 26.9 Å². The summed E-state index contributed by atoms with van der Waals surface area (Å²) in [5, 5.41) is 50.0. The first kappa shape index (κ1) is 29.4. The van der Waals surface area contributed by atoms with Crippen LogP contribution in [0.3, 0.4) is 0 Å². The summed E-state index contributed by atoms with van der Waals surface area (Å²) in [6.07, 6.45) is -7.00. The van der Waals surface area contributed by atoms with Crippen LogP contribution in [0.5, 0.6) is 0 Å². The monoisotopic (exact) mass is 256 g/mol. The van der Waals surface area contributed by atoms with Crippen molar-refractivity contribution < 1.29 is 64.5 Å². The standard InChI is InChI=1S/3CH2O3.C.Zn/c3*2-1(3)4;;/h3*(H2,2,3,4);;/q;;;+4;+2/p-6. The largest absolute Gasteiger partial charge is 4.00 e. The number of hydrogen-bond acceptors (Lipinski definition) is 9. The molecule has 0 aliphatic carbocycles. The average Bonchev–Trinajstić information content (AvgIpc) is 1.54. The van der Waals surface area contributed by atoms with E-state index in [0.717, 1.165) is 0 Å². The van der Waals surface area contributed by atoms with Gasteiger partial charge in [0.25, 0.3) is 0 Å². The van der Waals surface area contributed by atoms with Gasteiger partial charge in [-0.2, -0.15) is 0 Å². The van der Waals surface area contributed by atoms with E-state index in [4.69, 9.17) is 45.0 Å². The Bertz CT molecular complexity index is 114. The minimum Gasteiger partial charge on any atom is -0.652 e. The van der Waals surface area contributed by atoms with E-state index >= 15 is 0 Å². The molecule has 0 bridgehead atoms. The molecule has 9 nitrogen and oxygen atoms in total. The van der Waals surface area contributed by atoms with Gasteiger partial charge in [-0.1, -0.05) is 0 Å². The quantitative estimate of drug-likeness (QED) is 0.379. The summed E-state index contributed by atoms with van der Waals surface area (Å²) >= 11 is 0. The maximum atomic E-state index is 8.33. The smallest absolute Gasteiger partial charge is 0.652 e. The van der Waals surface area contributed by atoms with Crippen molar-refractivity contribution >= 4 is 18.5 Å². The number of rotatable bonds is 0. The maximum absolute atomic E-state index is 8.33. The minimum atomic E-state index is -2.33. The van der Waals surface area contributed by atoms with E-state index in [9.17, 15) is 0 Å². The van der Waals surface area contributed by atoms with Crippen molar-refractivity contribution in [3.63, 3.8) is 0 Å². The van der Waals surface area contributed by atoms with Crippen LogP contribution in [0, 0.1) is 7.43 Å². The van der Waals surface area contributed by atoms with Gasteiger partial charge in [-0.05, 0) is 18.5 Å². The van der Waals surface area contributed by atoms with Crippen LogP contribution in [0.15, 0.2) is 0 Å². The first-order valence-electron chi connectivity index (χ1n) is 1.84. The Morgan fingerprint density at radius 1 is 0.571 bits per heavy atom. The molecule has 0 unspecified atom stereocenters. The summed E-state index contributed by atoms with van der Waals surface area (Å²) in [4.78, 5) is 25.0. The molecule has 0 aromatic rings. The topological polar surface area (TPSA) is 190 Å². The van der Waals surface area contributed by atoms with Crippen molar-refractivity contribution in [2.24, 2.45) is 0 Å². The second-order valence-electron chi connectivity index (χ2n) is 0.750. The van der Waals surface area contributed by atoms with Crippen molar-refractivity contribution in [3.8, 4) is 0 Å². The van der Waals surface area contributed by atoms with Gasteiger partial charge in [0, 0.05) is 0 Å². The minimum absolute atomic E-state index is 0. The molecule has 0 saturated carbocycles. The van der Waals surface area contributed by atoms with Gasteiger partial charge in [0.1, 0.15) is 0 Å². The van der Waals surface area contributed by atoms with E-state index in [1.54, 1.807) is 0 Å². The molecule has 0 fully saturated rings. The molecule has 0 aromatic heterocycles. The van der Waals surface area contributed by atoms with Gasteiger partial charge in [-0.3, -0.25) is 0 Å². The molecule has 0 aromatic carbocycles. The van der Waals surface area contributed by atoms with Gasteiger partial charge in [-0.15, -0.1) is 0 Å². The summed E-state index contributed by atoms with van der Waals surface area (Å²) in [5.74, 6) is 0. The number of carbonyl (C=O) groups excluding carboxylic acids is 3. The molecule has 10 heteroatoms. The Kier molecular flexibility index (Phi) is 47.3. The fourth-order valence-corrected chi connectivity index (χ4v) is 0. The molecule has 0 amide bonds. The molecule has 0 rings (SSSR count). The summed E-state index contributed by atoms with van der Waals surface area (Å²) in [5.41, 5.74) is 0. The average molecular weight is 257 g/mol. The molecule has 0 atom stereocenters. The predicted molar refractivity (Wildman–Crippen MR) is 19.4 cm³/mol. The normalized spacial score (nSPS) is 5.14. The number of hydrogen-bond donors (Lipinski definition) is 0. The van der Waals surface area contributed by atoms with E-state index in [1.165, 1.54) is 0 Å². The Labute approximate surface area is 91.0 Å². The molecular formula is C4O9Zn. The number of carbonyl (C=O) groups is 3. The summed E-state index contributed by atoms with van der Waals surface area (Å²) < 4.78 is 0. The second kappa shape index (κ2) is 22.5. The zero-order valence-corrected chi connectivity index (χ0v) is 9.35. The molecule has 14 heavy (non-hydrogen) atoms. The van der Waals surface area contributed by atoms with Crippen LogP contribution >= 0.6 is 0 Å². The Balaban J connectivity index is -0.0000000270. The van der Waals surface area contributed by atoms with E-state index in [2.05, 4.69) is 0 Å². The van der Waals surface area contributed by atoms with Crippen molar-refractivity contribution in [2.45, 2.75) is 0 Å². The molecule has 0 radical (unpaired) electrons. The van der Waals surface area contributed by atoms with Crippen LogP contribution in [-0.4, -0.2) is 18.5 Å². The van der Waals surface area contributed by atoms with E-state index in [0.29, 0.717) is 0 Å². The van der Waals surface area contributed by atoms with Crippen LogP contribution in [0.4, 0.5) is 14.4 Å². The van der Waals surface area contributed by atoms with Crippen LogP contribution in [-0.2, 0) is 19.5 Å². The second-order valence-corrected chi connectivity index (χ2v) is 0.750. The van der Waals surface area contributed by atoms with Gasteiger partial charge in [0.2, 0.25) is 0 Å². The Morgan fingerprint density at radius 2 is 0.571 bits per heavy atom. The third-order valence-electron chi connectivity index (χ3n) is 0. The van der Waals surface area contributed by atoms with Crippen LogP contribution in [0.1, 0.15) is 0 Å². The molecule has 0 aliphatic heterocycles. The van der Waals surface area contributed by atoms with Gasteiger partial charge < -0.3 is 45.0 Å². The van der Waals surface area contributed by atoms with Crippen molar-refractivity contribution in [1.82, 2.24) is 0 Å². The van der Waals surface area contributed by atoms with Crippen LogP contribution in [0.2, 0.25) is 0 Å². The fourth-order valence-electron chi connectivity index (χ4n) is 0.